The van der Waals surface area contributed by atoms with Crippen LogP contribution in [0.25, 0.3) is 39.0 Å². The van der Waals surface area contributed by atoms with Crippen molar-refractivity contribution in [1.29, 1.82) is 0 Å². The summed E-state index contributed by atoms with van der Waals surface area (Å²) in [6, 6.07) is 5.88. The number of amides is 1. The summed E-state index contributed by atoms with van der Waals surface area (Å²) in [6.45, 7) is 12.4. The van der Waals surface area contributed by atoms with E-state index in [4.69, 9.17) is 24.2 Å². The molecular weight excluding hydrogens is 644 g/mol. The number of carbonyl (C=O) groups is 1. The number of aryl methyl sites for hydroxylation is 1. The molecule has 0 saturated carbocycles. The first kappa shape index (κ1) is 33.9. The van der Waals surface area contributed by atoms with Crippen LogP contribution in [0, 0.1) is 12.3 Å². The van der Waals surface area contributed by atoms with Gasteiger partial charge in [-0.2, -0.15) is 23.8 Å². The quantitative estimate of drug-likeness (QED) is 0.195. The predicted molar refractivity (Wildman–Crippen MR) is 189 cm³/mol. The van der Waals surface area contributed by atoms with E-state index in [0.717, 1.165) is 61.8 Å². The second-order valence-electron chi connectivity index (χ2n) is 13.6. The highest BCUT2D eigenvalue weighted by atomic mass is 19.3. The molecule has 3 fully saturated rings. The van der Waals surface area contributed by atoms with Crippen LogP contribution in [0.15, 0.2) is 43.6 Å². The summed E-state index contributed by atoms with van der Waals surface area (Å²) in [4.78, 5) is 28.3. The number of nitrogens with one attached hydrogen (secondary N) is 1. The number of hydrogen-bond acceptors (Lipinski definition) is 9. The van der Waals surface area contributed by atoms with Gasteiger partial charge in [-0.05, 0) is 67.5 Å². The van der Waals surface area contributed by atoms with Gasteiger partial charge in [-0.15, -0.1) is 0 Å². The number of alkyl halides is 2. The van der Waals surface area contributed by atoms with Gasteiger partial charge in [-0.1, -0.05) is 25.3 Å². The number of rotatable bonds is 11. The molecule has 0 aliphatic carbocycles. The molecule has 264 valence electrons. The number of fused-ring (bicyclic) bond motifs is 2. The molecule has 7 rings (SSSR count). The van der Waals surface area contributed by atoms with Gasteiger partial charge in [0.2, 0.25) is 5.91 Å². The third-order valence-electron chi connectivity index (χ3n) is 10.5. The van der Waals surface area contributed by atoms with Crippen LogP contribution in [0.2, 0.25) is 0 Å². The lowest BCUT2D eigenvalue weighted by Crippen LogP contribution is -2.61. The lowest BCUT2D eigenvalue weighted by molar-refractivity contribution is -0.139. The number of aromatic nitrogens is 4. The summed E-state index contributed by atoms with van der Waals surface area (Å²) in [7, 11) is 1.70. The van der Waals surface area contributed by atoms with E-state index in [1.54, 1.807) is 19.4 Å². The summed E-state index contributed by atoms with van der Waals surface area (Å²) >= 11 is 0. The van der Waals surface area contributed by atoms with E-state index in [2.05, 4.69) is 33.2 Å². The molecule has 1 spiro atoms. The summed E-state index contributed by atoms with van der Waals surface area (Å²) in [5.74, 6) is 0.493. The van der Waals surface area contributed by atoms with E-state index in [0.29, 0.717) is 60.7 Å². The molecular formula is C37H43F2N7O4. The third kappa shape index (κ3) is 6.39. The van der Waals surface area contributed by atoms with Crippen molar-refractivity contribution in [3.05, 3.63) is 54.8 Å². The number of anilines is 1. The second kappa shape index (κ2) is 13.9. The van der Waals surface area contributed by atoms with Crippen molar-refractivity contribution < 1.29 is 27.8 Å². The highest BCUT2D eigenvalue weighted by molar-refractivity contribution is 6.07. The number of piperidine rings is 2. The van der Waals surface area contributed by atoms with Gasteiger partial charge < -0.3 is 28.9 Å². The Morgan fingerprint density at radius 2 is 1.86 bits per heavy atom. The zero-order valence-corrected chi connectivity index (χ0v) is 28.6. The maximum atomic E-state index is 14.4. The minimum absolute atomic E-state index is 0.0400. The van der Waals surface area contributed by atoms with Crippen LogP contribution in [0.3, 0.4) is 0 Å². The maximum absolute atomic E-state index is 14.4. The van der Waals surface area contributed by atoms with Gasteiger partial charge in [0.1, 0.15) is 17.4 Å². The molecule has 3 aliphatic heterocycles. The van der Waals surface area contributed by atoms with E-state index in [9.17, 15) is 13.6 Å². The number of ether oxygens (including phenoxy) is 3. The van der Waals surface area contributed by atoms with Crippen molar-refractivity contribution in [1.82, 2.24) is 30.0 Å². The standard InChI is InChI=1S/C37H43F2N7O4/c1-5-24-19-26-32(33(50-35(38)39)31(24)30-23(3)7-8-28-27(30)20-40-43-28)41-36(49-25-9-13-44(14-10-25)17-18-48-4)42-34(26)45-15-11-37(12-16-45)21-46(22-37)29(47)6-2/h5-8,19-20,25,35H,1-2,9-18,21-22H2,3-4H3,(H,40,43). The molecule has 4 aromatic rings. The van der Waals surface area contributed by atoms with Crippen LogP contribution in [-0.2, 0) is 9.53 Å². The van der Waals surface area contributed by atoms with Crippen LogP contribution < -0.4 is 14.4 Å². The van der Waals surface area contributed by atoms with Crippen LogP contribution in [0.5, 0.6) is 11.8 Å². The van der Waals surface area contributed by atoms with Crippen LogP contribution in [0.4, 0.5) is 14.6 Å². The van der Waals surface area contributed by atoms with E-state index < -0.39 is 6.61 Å². The van der Waals surface area contributed by atoms with E-state index in [1.807, 2.05) is 30.0 Å². The maximum Gasteiger partial charge on any atom is 0.387 e. The summed E-state index contributed by atoms with van der Waals surface area (Å²) < 4.78 is 46.0. The normalized spacial score (nSPS) is 18.2. The molecule has 2 aromatic heterocycles. The predicted octanol–water partition coefficient (Wildman–Crippen LogP) is 5.83. The molecule has 1 N–H and O–H groups in total. The third-order valence-corrected chi connectivity index (χ3v) is 10.5. The lowest BCUT2D eigenvalue weighted by Gasteiger charge is -2.54. The van der Waals surface area contributed by atoms with Crippen LogP contribution in [0.1, 0.15) is 36.8 Å². The Hall–Kier alpha value is -4.62. The Bertz CT molecular complexity index is 1910. The molecule has 13 heteroatoms. The van der Waals surface area contributed by atoms with Gasteiger partial charge >= 0.3 is 12.6 Å². The Labute approximate surface area is 289 Å². The summed E-state index contributed by atoms with van der Waals surface area (Å²) in [6.07, 6.45) is 7.81. The zero-order valence-electron chi connectivity index (χ0n) is 28.6. The summed E-state index contributed by atoms with van der Waals surface area (Å²) in [5.41, 5.74) is 3.68. The molecule has 0 bridgehead atoms. The van der Waals surface area contributed by atoms with Gasteiger partial charge in [-0.3, -0.25) is 9.89 Å². The summed E-state index contributed by atoms with van der Waals surface area (Å²) in [5, 5.41) is 8.56. The Morgan fingerprint density at radius 3 is 2.54 bits per heavy atom. The Balaban J connectivity index is 1.32. The van der Waals surface area contributed by atoms with Gasteiger partial charge in [-0.25, -0.2) is 0 Å². The smallest absolute Gasteiger partial charge is 0.387 e. The number of aromatic amines is 1. The van der Waals surface area contributed by atoms with Crippen molar-refractivity contribution in [3.8, 4) is 22.9 Å². The number of carbonyl (C=O) groups excluding carboxylic acids is 1. The van der Waals surface area contributed by atoms with Crippen LogP contribution in [-0.4, -0.2) is 108 Å². The minimum atomic E-state index is -3.12. The molecule has 0 unspecified atom stereocenters. The van der Waals surface area contributed by atoms with Gasteiger partial charge in [0.25, 0.3) is 0 Å². The number of halogens is 2. The minimum Gasteiger partial charge on any atom is -0.460 e. The van der Waals surface area contributed by atoms with Crippen molar-refractivity contribution in [2.45, 2.75) is 45.3 Å². The van der Waals surface area contributed by atoms with Crippen molar-refractivity contribution in [2.24, 2.45) is 5.41 Å². The molecule has 3 saturated heterocycles. The first-order valence-corrected chi connectivity index (χ1v) is 17.2. The van der Waals surface area contributed by atoms with Gasteiger partial charge in [0, 0.05) is 74.7 Å². The molecule has 50 heavy (non-hydrogen) atoms. The average Bonchev–Trinajstić information content (AvgIpc) is 3.59. The molecule has 2 aromatic carbocycles. The number of methoxy groups -OCH3 is 1. The SMILES string of the molecule is C=CC(=O)N1CC2(CCN(c3nc(OC4CCN(CCOC)CC4)nc4c(OC(F)F)c(-c5c(C)ccc6[nH]ncc56)c(C=C)cc34)CC2)C1. The highest BCUT2D eigenvalue weighted by Crippen LogP contribution is 2.48. The topological polar surface area (TPSA) is 109 Å². The number of hydrogen-bond donors (Lipinski definition) is 1. The number of benzene rings is 2. The highest BCUT2D eigenvalue weighted by Gasteiger charge is 2.46. The number of H-pyrrole nitrogens is 1. The second-order valence-corrected chi connectivity index (χ2v) is 13.6. The Morgan fingerprint density at radius 1 is 1.10 bits per heavy atom. The van der Waals surface area contributed by atoms with E-state index in [-0.39, 0.29) is 34.7 Å². The van der Waals surface area contributed by atoms with Crippen molar-refractivity contribution in [2.75, 3.05) is 64.4 Å². The van der Waals surface area contributed by atoms with Crippen molar-refractivity contribution >= 4 is 39.6 Å². The molecule has 11 nitrogen and oxygen atoms in total. The molecule has 0 atom stereocenters. The fourth-order valence-corrected chi connectivity index (χ4v) is 7.77. The van der Waals surface area contributed by atoms with Crippen LogP contribution >= 0.6 is 0 Å². The molecule has 5 heterocycles. The Kier molecular flexibility index (Phi) is 9.44. The molecule has 1 amide bonds. The average molecular weight is 688 g/mol. The monoisotopic (exact) mass is 687 g/mol. The first-order valence-electron chi connectivity index (χ1n) is 17.2. The van der Waals surface area contributed by atoms with Crippen molar-refractivity contribution in [3.63, 3.8) is 0 Å². The van der Waals surface area contributed by atoms with Gasteiger partial charge in [0.15, 0.2) is 5.75 Å². The van der Waals surface area contributed by atoms with E-state index >= 15 is 0 Å². The van der Waals surface area contributed by atoms with E-state index in [1.165, 1.54) is 6.08 Å². The zero-order chi connectivity index (χ0) is 35.0. The number of likely N-dealkylation sites (tertiary alicyclic amines) is 2. The first-order chi connectivity index (χ1) is 24.2. The molecule has 0 radical (unpaired) electrons. The lowest BCUT2D eigenvalue weighted by atomic mass is 9.72. The van der Waals surface area contributed by atoms with Gasteiger partial charge in [0.05, 0.1) is 18.3 Å². The largest absolute Gasteiger partial charge is 0.460 e. The fraction of sp³-hybridized carbons (Fsp3) is 0.459. The fourth-order valence-electron chi connectivity index (χ4n) is 7.77. The molecule has 3 aliphatic rings. The number of nitrogens with zero attached hydrogens (tertiary/aromatic N) is 6.